The molecular formula is C18H27N3O6. The molecule has 9 heteroatoms. The fraction of sp³-hybridized carbons (Fsp3) is 0.722. The van der Waals surface area contributed by atoms with Crippen LogP contribution in [0.4, 0.5) is 4.79 Å². The van der Waals surface area contributed by atoms with Gasteiger partial charge in [0.25, 0.3) is 5.91 Å². The van der Waals surface area contributed by atoms with E-state index in [-0.39, 0.29) is 23.7 Å². The summed E-state index contributed by atoms with van der Waals surface area (Å²) in [6.07, 6.45) is 3.09. The molecule has 1 aliphatic heterocycles. The van der Waals surface area contributed by atoms with Crippen LogP contribution in [0.5, 0.6) is 0 Å². The zero-order valence-corrected chi connectivity index (χ0v) is 16.2. The number of hydrogen-bond acceptors (Lipinski definition) is 6. The minimum absolute atomic E-state index is 0.344. The van der Waals surface area contributed by atoms with Crippen molar-refractivity contribution in [2.45, 2.75) is 65.0 Å². The van der Waals surface area contributed by atoms with Crippen molar-refractivity contribution in [1.82, 2.24) is 15.5 Å². The highest BCUT2D eigenvalue weighted by molar-refractivity contribution is 6.08. The maximum absolute atomic E-state index is 12.5. The van der Waals surface area contributed by atoms with E-state index in [4.69, 9.17) is 4.74 Å². The van der Waals surface area contributed by atoms with Crippen LogP contribution in [0, 0.1) is 11.8 Å². The summed E-state index contributed by atoms with van der Waals surface area (Å²) in [7, 11) is 0. The van der Waals surface area contributed by atoms with Crippen molar-refractivity contribution >= 4 is 29.7 Å². The zero-order chi connectivity index (χ0) is 20.4. The number of esters is 1. The highest BCUT2D eigenvalue weighted by atomic mass is 16.5. The van der Waals surface area contributed by atoms with Crippen LogP contribution in [0.3, 0.4) is 0 Å². The summed E-state index contributed by atoms with van der Waals surface area (Å²) in [4.78, 5) is 61.4. The first-order chi connectivity index (χ1) is 12.5. The number of ether oxygens (including phenoxy) is 1. The molecule has 0 aromatic rings. The maximum atomic E-state index is 12.5. The topological polar surface area (TPSA) is 122 Å². The Labute approximate surface area is 158 Å². The quantitative estimate of drug-likeness (QED) is 0.546. The molecule has 1 aliphatic carbocycles. The Balaban J connectivity index is 1.87. The van der Waals surface area contributed by atoms with E-state index in [0.717, 1.165) is 17.7 Å². The molecule has 2 aliphatic rings. The lowest BCUT2D eigenvalue weighted by molar-refractivity contribution is -0.159. The predicted octanol–water partition coefficient (Wildman–Crippen LogP) is 0.718. The van der Waals surface area contributed by atoms with Crippen molar-refractivity contribution in [2.24, 2.45) is 11.8 Å². The van der Waals surface area contributed by atoms with E-state index in [9.17, 15) is 24.0 Å². The van der Waals surface area contributed by atoms with Crippen LogP contribution < -0.4 is 10.6 Å². The Hall–Kier alpha value is -2.45. The van der Waals surface area contributed by atoms with Crippen LogP contribution in [0.1, 0.15) is 53.4 Å². The fourth-order valence-electron chi connectivity index (χ4n) is 3.47. The molecule has 3 atom stereocenters. The average molecular weight is 381 g/mol. The molecule has 150 valence electrons. The second-order valence-electron chi connectivity index (χ2n) is 8.08. The largest absolute Gasteiger partial charge is 0.454 e. The van der Waals surface area contributed by atoms with Gasteiger partial charge in [-0.1, -0.05) is 12.8 Å². The molecular weight excluding hydrogens is 354 g/mol. The summed E-state index contributed by atoms with van der Waals surface area (Å²) in [5.74, 6) is -3.06. The van der Waals surface area contributed by atoms with E-state index in [2.05, 4.69) is 5.32 Å². The number of carbonyl (C=O) groups excluding carboxylic acids is 5. The first kappa shape index (κ1) is 20.9. The molecule has 1 saturated heterocycles. The summed E-state index contributed by atoms with van der Waals surface area (Å²) in [5, 5.41) is 4.58. The van der Waals surface area contributed by atoms with Gasteiger partial charge in [-0.25, -0.2) is 9.59 Å². The minimum atomic E-state index is -1.10. The predicted molar refractivity (Wildman–Crippen MR) is 94.1 cm³/mol. The Morgan fingerprint density at radius 2 is 1.63 bits per heavy atom. The zero-order valence-electron chi connectivity index (χ0n) is 16.2. The van der Waals surface area contributed by atoms with Crippen molar-refractivity contribution in [2.75, 3.05) is 6.61 Å². The molecule has 0 aromatic carbocycles. The van der Waals surface area contributed by atoms with Crippen molar-refractivity contribution in [3.8, 4) is 0 Å². The molecule has 5 amide bonds. The second-order valence-corrected chi connectivity index (χ2v) is 8.08. The molecule has 27 heavy (non-hydrogen) atoms. The summed E-state index contributed by atoms with van der Waals surface area (Å²) >= 11 is 0. The van der Waals surface area contributed by atoms with Gasteiger partial charge in [-0.2, -0.15) is 0 Å². The van der Waals surface area contributed by atoms with Gasteiger partial charge in [-0.3, -0.25) is 24.6 Å². The number of fused-ring (bicyclic) bond motifs is 1. The molecule has 9 nitrogen and oxygen atoms in total. The van der Waals surface area contributed by atoms with Gasteiger partial charge in [0, 0.05) is 5.54 Å². The van der Waals surface area contributed by atoms with E-state index >= 15 is 0 Å². The molecule has 0 bridgehead atoms. The van der Waals surface area contributed by atoms with Gasteiger partial charge in [0.2, 0.25) is 11.8 Å². The lowest BCUT2D eigenvalue weighted by Crippen LogP contribution is -2.49. The molecule has 1 heterocycles. The molecule has 1 saturated carbocycles. The van der Waals surface area contributed by atoms with Gasteiger partial charge >= 0.3 is 12.0 Å². The van der Waals surface area contributed by atoms with Crippen LogP contribution in [0.2, 0.25) is 0 Å². The average Bonchev–Trinajstić information content (AvgIpc) is 2.82. The monoisotopic (exact) mass is 381 g/mol. The summed E-state index contributed by atoms with van der Waals surface area (Å²) < 4.78 is 4.88. The fourth-order valence-corrected chi connectivity index (χ4v) is 3.47. The van der Waals surface area contributed by atoms with E-state index in [0.29, 0.717) is 12.8 Å². The van der Waals surface area contributed by atoms with Crippen molar-refractivity contribution in [3.63, 3.8) is 0 Å². The maximum Gasteiger partial charge on any atom is 0.329 e. The Kier molecular flexibility index (Phi) is 6.22. The molecule has 0 unspecified atom stereocenters. The summed E-state index contributed by atoms with van der Waals surface area (Å²) in [5.41, 5.74) is -0.525. The number of hydrogen-bond donors (Lipinski definition) is 2. The molecule has 0 spiro atoms. The number of nitrogens with one attached hydrogen (secondary N) is 2. The van der Waals surface area contributed by atoms with Crippen LogP contribution in [0.25, 0.3) is 0 Å². The molecule has 2 rings (SSSR count). The molecule has 0 aromatic heterocycles. The Bertz CT molecular complexity index is 630. The van der Waals surface area contributed by atoms with Gasteiger partial charge in [-0.15, -0.1) is 0 Å². The number of urea groups is 1. The van der Waals surface area contributed by atoms with Gasteiger partial charge in [0.15, 0.2) is 6.61 Å². The van der Waals surface area contributed by atoms with Crippen molar-refractivity contribution in [3.05, 3.63) is 0 Å². The third-order valence-corrected chi connectivity index (χ3v) is 4.69. The van der Waals surface area contributed by atoms with Crippen LogP contribution in [-0.2, 0) is 23.9 Å². The van der Waals surface area contributed by atoms with E-state index in [1.54, 1.807) is 20.8 Å². The number of carbonyl (C=O) groups is 5. The highest BCUT2D eigenvalue weighted by Crippen LogP contribution is 2.38. The van der Waals surface area contributed by atoms with Crippen LogP contribution in [-0.4, -0.2) is 52.8 Å². The van der Waals surface area contributed by atoms with Crippen LogP contribution in [0.15, 0.2) is 0 Å². The SMILES string of the molecule is C[C@@H](C(=O)OCC(=O)NC(=O)NC(C)(C)C)N1C(=O)[C@@H]2CCCC[C@H]2C1=O. The molecule has 0 radical (unpaired) electrons. The normalized spacial score (nSPS) is 23.5. The summed E-state index contributed by atoms with van der Waals surface area (Å²) in [6.45, 7) is 5.98. The van der Waals surface area contributed by atoms with E-state index in [1.165, 1.54) is 6.92 Å². The lowest BCUT2D eigenvalue weighted by Gasteiger charge is -2.22. The third-order valence-electron chi connectivity index (χ3n) is 4.69. The number of nitrogens with zero attached hydrogens (tertiary/aromatic N) is 1. The molecule has 2 fully saturated rings. The van der Waals surface area contributed by atoms with Gasteiger partial charge in [0.1, 0.15) is 6.04 Å². The minimum Gasteiger partial charge on any atom is -0.454 e. The number of imide groups is 2. The van der Waals surface area contributed by atoms with Crippen molar-refractivity contribution < 1.29 is 28.7 Å². The van der Waals surface area contributed by atoms with Gasteiger partial charge in [-0.05, 0) is 40.5 Å². The second kappa shape index (κ2) is 8.06. The Morgan fingerprint density at radius 1 is 1.11 bits per heavy atom. The van der Waals surface area contributed by atoms with E-state index in [1.807, 2.05) is 5.32 Å². The Morgan fingerprint density at radius 3 is 2.11 bits per heavy atom. The van der Waals surface area contributed by atoms with Gasteiger partial charge in [0.05, 0.1) is 11.8 Å². The summed E-state index contributed by atoms with van der Waals surface area (Å²) in [6, 6.07) is -1.81. The number of amides is 5. The number of rotatable bonds is 4. The standard InChI is InChI=1S/C18H27N3O6/c1-10(21-14(23)11-7-5-6-8-12(11)15(21)24)16(25)27-9-13(22)19-17(26)20-18(2,3)4/h10-12H,5-9H2,1-4H3,(H2,19,20,22,26)/t10-,11+,12+/m0/s1. The van der Waals surface area contributed by atoms with E-state index < -0.39 is 36.1 Å². The van der Waals surface area contributed by atoms with Crippen molar-refractivity contribution in [1.29, 1.82) is 0 Å². The molecule has 2 N–H and O–H groups in total. The first-order valence-electron chi connectivity index (χ1n) is 9.17. The third kappa shape index (κ3) is 5.05. The number of likely N-dealkylation sites (tertiary alicyclic amines) is 1. The lowest BCUT2D eigenvalue weighted by atomic mass is 9.81. The highest BCUT2D eigenvalue weighted by Gasteiger charge is 2.51. The first-order valence-corrected chi connectivity index (χ1v) is 9.17. The van der Waals surface area contributed by atoms with Gasteiger partial charge < -0.3 is 10.1 Å². The smallest absolute Gasteiger partial charge is 0.329 e. The van der Waals surface area contributed by atoms with Crippen LogP contribution >= 0.6 is 0 Å².